The van der Waals surface area contributed by atoms with Crippen molar-refractivity contribution in [1.82, 2.24) is 0 Å². The highest BCUT2D eigenvalue weighted by Crippen LogP contribution is 2.32. The first kappa shape index (κ1) is 20.8. The Morgan fingerprint density at radius 1 is 1.18 bits per heavy atom. The fraction of sp³-hybridized carbons (Fsp3) is 0.429. The summed E-state index contributed by atoms with van der Waals surface area (Å²) < 4.78 is 5.40. The molecule has 0 unspecified atom stereocenters. The molecule has 0 radical (unpaired) electrons. The minimum Gasteiger partial charge on any atom is -0.370 e. The van der Waals surface area contributed by atoms with Crippen LogP contribution in [0.2, 0.25) is 0 Å². The van der Waals surface area contributed by atoms with E-state index in [1.165, 1.54) is 12.1 Å². The quantitative estimate of drug-likeness (QED) is 0.377. The smallest absolute Gasteiger partial charge is 0.270 e. The van der Waals surface area contributed by atoms with Crippen molar-refractivity contribution in [2.24, 2.45) is 0 Å². The van der Waals surface area contributed by atoms with Gasteiger partial charge in [0.2, 0.25) is 0 Å². The lowest BCUT2D eigenvalue weighted by atomic mass is 10.2. The average molecular weight is 404 g/mol. The summed E-state index contributed by atoms with van der Waals surface area (Å²) in [6.07, 6.45) is 1.14. The van der Waals surface area contributed by atoms with Crippen molar-refractivity contribution in [3.05, 3.63) is 63.7 Å². The highest BCUT2D eigenvalue weighted by Gasteiger charge is 2.15. The van der Waals surface area contributed by atoms with Crippen molar-refractivity contribution in [2.75, 3.05) is 39.4 Å². The zero-order valence-corrected chi connectivity index (χ0v) is 17.2. The van der Waals surface area contributed by atoms with Crippen LogP contribution in [0, 0.1) is 17.0 Å². The first-order valence-electron chi connectivity index (χ1n) is 9.86. The highest BCUT2D eigenvalue weighted by atomic mass is 32.2. The van der Waals surface area contributed by atoms with E-state index in [2.05, 4.69) is 36.5 Å². The largest absolute Gasteiger partial charge is 0.370 e. The van der Waals surface area contributed by atoms with Gasteiger partial charge in [-0.05, 0) is 25.1 Å². The Bertz CT molecular complexity index is 777. The van der Waals surface area contributed by atoms with Gasteiger partial charge < -0.3 is 15.0 Å². The Morgan fingerprint density at radius 2 is 1.93 bits per heavy atom. The number of nitro groups is 1. The second-order valence-corrected chi connectivity index (χ2v) is 8.33. The molecule has 2 aromatic rings. The normalized spacial score (nSPS) is 14.9. The molecule has 1 fully saturated rings. The van der Waals surface area contributed by atoms with Crippen molar-refractivity contribution in [3.63, 3.8) is 0 Å². The molecule has 28 heavy (non-hydrogen) atoms. The molecule has 0 bridgehead atoms. The maximum atomic E-state index is 11.2. The van der Waals surface area contributed by atoms with Gasteiger partial charge in [0.05, 0.1) is 31.2 Å². The number of benzene rings is 2. The van der Waals surface area contributed by atoms with E-state index >= 15 is 0 Å². The molecule has 6 nitrogen and oxygen atoms in total. The van der Waals surface area contributed by atoms with Gasteiger partial charge in [0.25, 0.3) is 5.69 Å². The maximum absolute atomic E-state index is 11.2. The van der Waals surface area contributed by atoms with E-state index in [1.54, 1.807) is 28.8 Å². The summed E-state index contributed by atoms with van der Waals surface area (Å²) in [6, 6.07) is 13.6. The molecule has 150 valence electrons. The summed E-state index contributed by atoms with van der Waals surface area (Å²) in [4.78, 5) is 14.7. The zero-order valence-electron chi connectivity index (χ0n) is 16.4. The number of non-ortho nitro benzene ring substituents is 1. The van der Waals surface area contributed by atoms with E-state index in [4.69, 9.17) is 4.74 Å². The number of ether oxygens (including phenoxy) is 1. The van der Waals surface area contributed by atoms with Gasteiger partial charge >= 0.3 is 0 Å². The van der Waals surface area contributed by atoms with Crippen molar-refractivity contribution >= 4 is 17.4 Å². The Hall–Kier alpha value is -1.93. The van der Waals surface area contributed by atoms with Crippen molar-refractivity contribution in [2.45, 2.75) is 29.7 Å². The number of nitrogens with zero attached hydrogens (tertiary/aromatic N) is 1. The van der Waals surface area contributed by atoms with E-state index < -0.39 is 0 Å². The van der Waals surface area contributed by atoms with Gasteiger partial charge in [-0.15, -0.1) is 0 Å². The summed E-state index contributed by atoms with van der Waals surface area (Å²) in [5.41, 5.74) is 2.41. The van der Waals surface area contributed by atoms with Crippen LogP contribution in [0.5, 0.6) is 0 Å². The summed E-state index contributed by atoms with van der Waals surface area (Å²) in [7, 11) is 0. The van der Waals surface area contributed by atoms with Gasteiger partial charge in [0.1, 0.15) is 19.6 Å². The van der Waals surface area contributed by atoms with Crippen LogP contribution in [-0.4, -0.2) is 44.3 Å². The lowest BCUT2D eigenvalue weighted by Crippen LogP contribution is -3.14. The molecular weight excluding hydrogens is 374 g/mol. The molecule has 0 spiro atoms. The molecule has 2 aromatic carbocycles. The third-order valence-electron chi connectivity index (χ3n) is 5.01. The van der Waals surface area contributed by atoms with Crippen LogP contribution in [-0.2, 0) is 11.3 Å². The average Bonchev–Trinajstić information content (AvgIpc) is 2.71. The first-order chi connectivity index (χ1) is 13.6. The van der Waals surface area contributed by atoms with Gasteiger partial charge in [-0.1, -0.05) is 29.5 Å². The van der Waals surface area contributed by atoms with Crippen LogP contribution in [0.15, 0.2) is 52.3 Å². The summed E-state index contributed by atoms with van der Waals surface area (Å²) >= 11 is 1.67. The molecule has 0 amide bonds. The summed E-state index contributed by atoms with van der Waals surface area (Å²) in [6.45, 7) is 8.96. The van der Waals surface area contributed by atoms with Gasteiger partial charge in [-0.3, -0.25) is 10.1 Å². The van der Waals surface area contributed by atoms with Crippen LogP contribution in [0.3, 0.4) is 0 Å². The Balaban J connectivity index is 1.57. The van der Waals surface area contributed by atoms with Crippen LogP contribution >= 0.6 is 11.8 Å². The minimum atomic E-state index is -0.314. The zero-order chi connectivity index (χ0) is 19.8. The standard InChI is InChI=1S/C21H27N3O3S/c1-17-3-6-20(7-4-17)28-21-8-5-19(24(25)26)15-18(21)16-22-9-2-10-23-11-13-27-14-12-23/h3-8,15,22H,2,9-14,16H2,1H3/p+2. The number of hydrogen-bond donors (Lipinski definition) is 2. The first-order valence-corrected chi connectivity index (χ1v) is 10.7. The number of nitro benzene ring substituents is 1. The molecule has 3 N–H and O–H groups in total. The van der Waals surface area contributed by atoms with Gasteiger partial charge in [0.15, 0.2) is 0 Å². The van der Waals surface area contributed by atoms with Crippen LogP contribution < -0.4 is 10.2 Å². The van der Waals surface area contributed by atoms with E-state index in [1.807, 2.05) is 6.07 Å². The predicted octanol–water partition coefficient (Wildman–Crippen LogP) is 1.42. The van der Waals surface area contributed by atoms with E-state index in [0.717, 1.165) is 61.2 Å². The molecule has 7 heteroatoms. The lowest BCUT2D eigenvalue weighted by Gasteiger charge is -2.23. The Kier molecular flexibility index (Phi) is 7.85. The number of morpholine rings is 1. The van der Waals surface area contributed by atoms with E-state index in [9.17, 15) is 10.1 Å². The number of rotatable bonds is 9. The van der Waals surface area contributed by atoms with Crippen LogP contribution in [0.25, 0.3) is 0 Å². The maximum Gasteiger partial charge on any atom is 0.270 e. The Labute approximate surface area is 170 Å². The van der Waals surface area contributed by atoms with Crippen molar-refractivity contribution in [1.29, 1.82) is 0 Å². The number of hydrogen-bond acceptors (Lipinski definition) is 4. The topological polar surface area (TPSA) is 73.4 Å². The van der Waals surface area contributed by atoms with Crippen molar-refractivity contribution < 1.29 is 19.9 Å². The molecule has 1 aliphatic heterocycles. The number of nitrogens with two attached hydrogens (primary N) is 1. The van der Waals surface area contributed by atoms with Crippen LogP contribution in [0.1, 0.15) is 17.5 Å². The van der Waals surface area contributed by atoms with Gasteiger partial charge in [-0.2, -0.15) is 0 Å². The summed E-state index contributed by atoms with van der Waals surface area (Å²) in [5.74, 6) is 0. The molecule has 0 aliphatic carbocycles. The van der Waals surface area contributed by atoms with Gasteiger partial charge in [0, 0.05) is 33.9 Å². The SMILES string of the molecule is Cc1ccc(Sc2ccc([N+](=O)[O-])cc2C[NH2+]CCC[NH+]2CCOCC2)cc1. The molecule has 1 saturated heterocycles. The minimum absolute atomic E-state index is 0.161. The molecule has 0 saturated carbocycles. The summed E-state index contributed by atoms with van der Waals surface area (Å²) in [5, 5.41) is 13.4. The third kappa shape index (κ3) is 6.31. The molecule has 0 atom stereocenters. The number of quaternary nitrogens is 2. The molecule has 1 aliphatic rings. The fourth-order valence-corrected chi connectivity index (χ4v) is 4.27. The molecule has 3 rings (SSSR count). The van der Waals surface area contributed by atoms with Crippen molar-refractivity contribution in [3.8, 4) is 0 Å². The molecular formula is C21H29N3O3S+2. The second-order valence-electron chi connectivity index (χ2n) is 7.21. The van der Waals surface area contributed by atoms with E-state index in [-0.39, 0.29) is 10.6 Å². The Morgan fingerprint density at radius 3 is 2.64 bits per heavy atom. The highest BCUT2D eigenvalue weighted by molar-refractivity contribution is 7.99. The second kappa shape index (κ2) is 10.6. The fourth-order valence-electron chi connectivity index (χ4n) is 3.34. The predicted molar refractivity (Wildman–Crippen MR) is 110 cm³/mol. The lowest BCUT2D eigenvalue weighted by molar-refractivity contribution is -0.909. The third-order valence-corrected chi connectivity index (χ3v) is 6.13. The molecule has 0 aromatic heterocycles. The van der Waals surface area contributed by atoms with Crippen LogP contribution in [0.4, 0.5) is 5.69 Å². The van der Waals surface area contributed by atoms with E-state index in [0.29, 0.717) is 0 Å². The number of aryl methyl sites for hydroxylation is 1. The van der Waals surface area contributed by atoms with Gasteiger partial charge in [-0.25, -0.2) is 0 Å². The number of nitrogens with one attached hydrogen (secondary N) is 1. The molecule has 1 heterocycles. The monoisotopic (exact) mass is 403 g/mol.